The number of nitrogens with zero attached hydrogens (tertiary/aromatic N) is 1. The maximum atomic E-state index is 5.94. The van der Waals surface area contributed by atoms with E-state index in [1.807, 2.05) is 0 Å². The predicted octanol–water partition coefficient (Wildman–Crippen LogP) is 1.65. The van der Waals surface area contributed by atoms with E-state index in [1.165, 1.54) is 38.5 Å². The van der Waals surface area contributed by atoms with Gasteiger partial charge in [-0.05, 0) is 56.3 Å². The van der Waals surface area contributed by atoms with Crippen LogP contribution in [0.3, 0.4) is 0 Å². The van der Waals surface area contributed by atoms with Crippen molar-refractivity contribution in [3.8, 4) is 0 Å². The Kier molecular flexibility index (Phi) is 3.46. The highest BCUT2D eigenvalue weighted by molar-refractivity contribution is 5.77. The van der Waals surface area contributed by atoms with Crippen LogP contribution in [0.5, 0.6) is 0 Å². The smallest absolute Gasteiger partial charge is 0.188 e. The van der Waals surface area contributed by atoms with Crippen LogP contribution in [-0.4, -0.2) is 31.8 Å². The Balaban J connectivity index is 1.44. The summed E-state index contributed by atoms with van der Waals surface area (Å²) in [6.07, 6.45) is 9.59. The quantitative estimate of drug-likeness (QED) is 0.590. The summed E-state index contributed by atoms with van der Waals surface area (Å²) in [4.78, 5) is 4.56. The molecule has 1 aliphatic heterocycles. The number of aliphatic imine (C=N–C) groups is 1. The largest absolute Gasteiger partial charge is 0.376 e. The van der Waals surface area contributed by atoms with Gasteiger partial charge in [0.25, 0.3) is 0 Å². The molecule has 1 saturated heterocycles. The third kappa shape index (κ3) is 2.63. The monoisotopic (exact) mass is 251 g/mol. The van der Waals surface area contributed by atoms with Crippen LogP contribution < -0.4 is 11.1 Å². The Morgan fingerprint density at radius 3 is 2.78 bits per heavy atom. The molecule has 0 amide bonds. The highest BCUT2D eigenvalue weighted by atomic mass is 16.5. The van der Waals surface area contributed by atoms with Gasteiger partial charge in [-0.1, -0.05) is 0 Å². The van der Waals surface area contributed by atoms with Crippen LogP contribution in [0.15, 0.2) is 4.99 Å². The van der Waals surface area contributed by atoms with E-state index in [4.69, 9.17) is 10.5 Å². The molecule has 1 unspecified atom stereocenters. The molecule has 0 aromatic carbocycles. The first-order chi connectivity index (χ1) is 8.76. The maximum absolute atomic E-state index is 5.94. The minimum atomic E-state index is 0.333. The Labute approximate surface area is 109 Å². The van der Waals surface area contributed by atoms with Gasteiger partial charge in [-0.25, -0.2) is 0 Å². The van der Waals surface area contributed by atoms with Crippen molar-refractivity contribution in [1.29, 1.82) is 0 Å². The number of nitrogens with two attached hydrogens (primary N) is 1. The molecule has 2 aliphatic carbocycles. The molecule has 3 fully saturated rings. The molecule has 1 atom stereocenters. The molecule has 1 heterocycles. The standard InChI is InChI=1S/C14H25N3O/c15-13(16-9-12-2-1-7-18-12)17-10-14-5-3-11(8-14)4-6-14/h11-12H,1-10H2,(H3,15,16,17). The fourth-order valence-electron chi connectivity index (χ4n) is 3.87. The van der Waals surface area contributed by atoms with Crippen molar-refractivity contribution in [2.24, 2.45) is 22.1 Å². The number of hydrogen-bond acceptors (Lipinski definition) is 2. The van der Waals surface area contributed by atoms with Gasteiger partial charge < -0.3 is 15.8 Å². The zero-order valence-electron chi connectivity index (χ0n) is 11.2. The van der Waals surface area contributed by atoms with E-state index < -0.39 is 0 Å². The van der Waals surface area contributed by atoms with Crippen molar-refractivity contribution in [1.82, 2.24) is 5.32 Å². The van der Waals surface area contributed by atoms with Gasteiger partial charge >= 0.3 is 0 Å². The van der Waals surface area contributed by atoms with E-state index in [9.17, 15) is 0 Å². The number of rotatable bonds is 4. The second-order valence-electron chi connectivity index (χ2n) is 6.36. The summed E-state index contributed by atoms with van der Waals surface area (Å²) in [6.45, 7) is 2.63. The number of guanidine groups is 1. The first-order valence-electron chi connectivity index (χ1n) is 7.41. The first kappa shape index (κ1) is 12.3. The van der Waals surface area contributed by atoms with Gasteiger partial charge in [-0.3, -0.25) is 4.99 Å². The van der Waals surface area contributed by atoms with Crippen LogP contribution in [0.25, 0.3) is 0 Å². The lowest BCUT2D eigenvalue weighted by atomic mass is 9.84. The summed E-state index contributed by atoms with van der Waals surface area (Å²) < 4.78 is 5.56. The van der Waals surface area contributed by atoms with Crippen LogP contribution in [0.1, 0.15) is 44.9 Å². The molecule has 0 aromatic heterocycles. The van der Waals surface area contributed by atoms with Crippen molar-refractivity contribution >= 4 is 5.96 Å². The first-order valence-corrected chi connectivity index (χ1v) is 7.41. The molecule has 102 valence electrons. The maximum Gasteiger partial charge on any atom is 0.188 e. The fraction of sp³-hybridized carbons (Fsp3) is 0.929. The number of fused-ring (bicyclic) bond motifs is 2. The molecule has 2 saturated carbocycles. The van der Waals surface area contributed by atoms with Crippen LogP contribution in [-0.2, 0) is 4.74 Å². The van der Waals surface area contributed by atoms with Crippen LogP contribution in [0.2, 0.25) is 0 Å². The molecule has 4 nitrogen and oxygen atoms in total. The Hall–Kier alpha value is -0.770. The normalized spacial score (nSPS) is 39.4. The Morgan fingerprint density at radius 2 is 2.17 bits per heavy atom. The molecule has 3 N–H and O–H groups in total. The second-order valence-corrected chi connectivity index (χ2v) is 6.36. The van der Waals surface area contributed by atoms with Crippen molar-refractivity contribution in [3.63, 3.8) is 0 Å². The van der Waals surface area contributed by atoms with Crippen molar-refractivity contribution in [3.05, 3.63) is 0 Å². The lowest BCUT2D eigenvalue weighted by Gasteiger charge is -2.24. The molecule has 3 aliphatic rings. The number of hydrogen-bond donors (Lipinski definition) is 2. The van der Waals surface area contributed by atoms with E-state index in [2.05, 4.69) is 10.3 Å². The zero-order valence-corrected chi connectivity index (χ0v) is 11.2. The molecule has 4 heteroatoms. The number of ether oxygens (including phenoxy) is 1. The summed E-state index contributed by atoms with van der Waals surface area (Å²) in [5, 5.41) is 3.21. The third-order valence-corrected chi connectivity index (χ3v) is 5.01. The van der Waals surface area contributed by atoms with Crippen molar-refractivity contribution in [2.75, 3.05) is 19.7 Å². The van der Waals surface area contributed by atoms with E-state index in [0.29, 0.717) is 17.5 Å². The molecular formula is C14H25N3O. The van der Waals surface area contributed by atoms with Gasteiger partial charge in [0.2, 0.25) is 0 Å². The summed E-state index contributed by atoms with van der Waals surface area (Å²) >= 11 is 0. The average Bonchev–Trinajstić information content (AvgIpc) is 3.10. The third-order valence-electron chi connectivity index (χ3n) is 5.01. The van der Waals surface area contributed by atoms with Gasteiger partial charge in [-0.15, -0.1) is 0 Å². The predicted molar refractivity (Wildman–Crippen MR) is 72.5 cm³/mol. The van der Waals surface area contributed by atoms with Gasteiger partial charge in [0.1, 0.15) is 0 Å². The summed E-state index contributed by atoms with van der Waals surface area (Å²) in [5.41, 5.74) is 6.44. The van der Waals surface area contributed by atoms with Crippen LogP contribution in [0.4, 0.5) is 0 Å². The molecule has 0 spiro atoms. The Bertz CT molecular complexity index is 315. The fourth-order valence-corrected chi connectivity index (χ4v) is 3.87. The van der Waals surface area contributed by atoms with Gasteiger partial charge in [-0.2, -0.15) is 0 Å². The highest BCUT2D eigenvalue weighted by Crippen LogP contribution is 2.54. The molecule has 0 aromatic rings. The van der Waals surface area contributed by atoms with Crippen LogP contribution in [0, 0.1) is 11.3 Å². The molecule has 2 bridgehead atoms. The van der Waals surface area contributed by atoms with Crippen molar-refractivity contribution in [2.45, 2.75) is 51.0 Å². The summed E-state index contributed by atoms with van der Waals surface area (Å²) in [5.74, 6) is 1.59. The van der Waals surface area contributed by atoms with E-state index in [-0.39, 0.29) is 0 Å². The van der Waals surface area contributed by atoms with Gasteiger partial charge in [0.15, 0.2) is 5.96 Å². The SMILES string of the molecule is NC(=NCC12CCC(CC1)C2)NCC1CCCO1. The zero-order chi connectivity index (χ0) is 12.4. The molecular weight excluding hydrogens is 226 g/mol. The highest BCUT2D eigenvalue weighted by Gasteiger charge is 2.44. The average molecular weight is 251 g/mol. The lowest BCUT2D eigenvalue weighted by Crippen LogP contribution is -2.38. The van der Waals surface area contributed by atoms with E-state index in [1.54, 1.807) is 0 Å². The van der Waals surface area contributed by atoms with Gasteiger partial charge in [0, 0.05) is 19.7 Å². The molecule has 3 rings (SSSR count). The van der Waals surface area contributed by atoms with E-state index >= 15 is 0 Å². The Morgan fingerprint density at radius 1 is 1.33 bits per heavy atom. The van der Waals surface area contributed by atoms with Crippen LogP contribution >= 0.6 is 0 Å². The minimum Gasteiger partial charge on any atom is -0.376 e. The number of nitrogens with one attached hydrogen (secondary N) is 1. The summed E-state index contributed by atoms with van der Waals surface area (Å²) in [6, 6.07) is 0. The topological polar surface area (TPSA) is 59.6 Å². The van der Waals surface area contributed by atoms with E-state index in [0.717, 1.165) is 32.0 Å². The summed E-state index contributed by atoms with van der Waals surface area (Å²) in [7, 11) is 0. The minimum absolute atomic E-state index is 0.333. The molecule has 18 heavy (non-hydrogen) atoms. The van der Waals surface area contributed by atoms with Gasteiger partial charge in [0.05, 0.1) is 6.10 Å². The molecule has 0 radical (unpaired) electrons. The second kappa shape index (κ2) is 5.08. The van der Waals surface area contributed by atoms with Crippen molar-refractivity contribution < 1.29 is 4.74 Å². The lowest BCUT2D eigenvalue weighted by molar-refractivity contribution is 0.114.